The van der Waals surface area contributed by atoms with Crippen molar-refractivity contribution in [2.45, 2.75) is 77.6 Å². The molecule has 0 saturated heterocycles. The van der Waals surface area contributed by atoms with Gasteiger partial charge in [-0.25, -0.2) is 8.78 Å². The number of nitrogens with zero attached hydrogens (tertiary/aromatic N) is 4. The van der Waals surface area contributed by atoms with E-state index in [9.17, 15) is 13.6 Å². The van der Waals surface area contributed by atoms with Crippen molar-refractivity contribution in [2.24, 2.45) is 21.3 Å². The molecule has 29 heavy (non-hydrogen) atoms. The summed E-state index contributed by atoms with van der Waals surface area (Å²) >= 11 is 0. The summed E-state index contributed by atoms with van der Waals surface area (Å²) in [7, 11) is 0. The van der Waals surface area contributed by atoms with Crippen LogP contribution < -0.4 is 10.3 Å². The average molecular weight is 409 g/mol. The molecule has 0 aromatic heterocycles. The summed E-state index contributed by atoms with van der Waals surface area (Å²) in [6.07, 6.45) is 11.4. The van der Waals surface area contributed by atoms with Crippen LogP contribution in [-0.4, -0.2) is 18.3 Å². The molecule has 1 unspecified atom stereocenters. The van der Waals surface area contributed by atoms with Crippen molar-refractivity contribution in [1.82, 2.24) is 4.59 Å². The van der Waals surface area contributed by atoms with Gasteiger partial charge in [0.25, 0.3) is 5.84 Å². The first kappa shape index (κ1) is 23.1. The first-order valence-corrected chi connectivity index (χ1v) is 10.6. The summed E-state index contributed by atoms with van der Waals surface area (Å²) in [6, 6.07) is 3.32. The quantitative estimate of drug-likeness (QED) is 0.308. The predicted octanol–water partition coefficient (Wildman–Crippen LogP) is 5.76. The van der Waals surface area contributed by atoms with Gasteiger partial charge in [-0.2, -0.15) is 0 Å². The lowest BCUT2D eigenvalue weighted by Crippen LogP contribution is -2.50. The van der Waals surface area contributed by atoms with E-state index in [0.717, 1.165) is 25.3 Å². The standard InChI is InChI=1S/C21H31F2N5O/c1-2-3-4-5-6-7-8-9-10-11-14-28(19-13-12-17(22)15-18(19)23)21(16-20(24)29)25-26-27-28/h12-13,15H,2-11,14,16H2,1H3,(H-,24,29)/p+1. The molecule has 0 aliphatic carbocycles. The molecule has 0 spiro atoms. The van der Waals surface area contributed by atoms with Crippen molar-refractivity contribution in [2.75, 3.05) is 6.54 Å². The zero-order valence-electron chi connectivity index (χ0n) is 17.2. The predicted molar refractivity (Wildman–Crippen MR) is 111 cm³/mol. The number of amidine groups is 1. The number of carbonyl (C=O) groups excluding carboxylic acids is 1. The maximum Gasteiger partial charge on any atom is 0.267 e. The molecule has 0 bridgehead atoms. The van der Waals surface area contributed by atoms with Crippen LogP contribution in [0.1, 0.15) is 77.6 Å². The number of carbonyl (C=O) groups is 1. The number of benzene rings is 1. The molecule has 8 heteroatoms. The van der Waals surface area contributed by atoms with Gasteiger partial charge in [0.1, 0.15) is 18.8 Å². The van der Waals surface area contributed by atoms with Crippen LogP contribution in [0.5, 0.6) is 0 Å². The molecule has 1 aliphatic rings. The molecule has 1 heterocycles. The van der Waals surface area contributed by atoms with Crippen LogP contribution in [0.2, 0.25) is 0 Å². The molecule has 0 saturated carbocycles. The maximum atomic E-state index is 14.5. The van der Waals surface area contributed by atoms with Gasteiger partial charge in [0.15, 0.2) is 5.82 Å². The normalized spacial score (nSPS) is 18.2. The van der Waals surface area contributed by atoms with Gasteiger partial charge in [-0.05, 0) is 18.9 Å². The molecular formula is C21H32F2N5O+. The minimum atomic E-state index is -0.741. The third kappa shape index (κ3) is 6.66. The number of hydrogen-bond donors (Lipinski definition) is 1. The van der Waals surface area contributed by atoms with Crippen LogP contribution in [0.4, 0.5) is 14.5 Å². The molecule has 2 rings (SSSR count). The Kier molecular flexibility index (Phi) is 9.31. The van der Waals surface area contributed by atoms with Crippen LogP contribution in [0.25, 0.3) is 0 Å². The lowest BCUT2D eigenvalue weighted by atomic mass is 10.1. The summed E-state index contributed by atoms with van der Waals surface area (Å²) in [6.45, 7) is 2.61. The summed E-state index contributed by atoms with van der Waals surface area (Å²) in [4.78, 5) is 11.5. The van der Waals surface area contributed by atoms with Gasteiger partial charge in [-0.3, -0.25) is 4.79 Å². The highest BCUT2D eigenvalue weighted by atomic mass is 19.1. The first-order valence-electron chi connectivity index (χ1n) is 10.6. The molecule has 1 amide bonds. The minimum Gasteiger partial charge on any atom is -0.369 e. The summed E-state index contributed by atoms with van der Waals surface area (Å²) < 4.78 is 27.6. The number of nitrogens with two attached hydrogens (primary N) is 1. The fourth-order valence-corrected chi connectivity index (χ4v) is 3.68. The lowest BCUT2D eigenvalue weighted by molar-refractivity contribution is -0.117. The SMILES string of the molecule is CCCCCCCCCCCC[N+]1(c2ccc(F)cc2F)N=NN=C1CC(N)=O. The Balaban J connectivity index is 1.93. The van der Waals surface area contributed by atoms with E-state index < -0.39 is 17.5 Å². The molecule has 160 valence electrons. The third-order valence-electron chi connectivity index (χ3n) is 5.26. The monoisotopic (exact) mass is 408 g/mol. The first-order chi connectivity index (χ1) is 14.0. The van der Waals surface area contributed by atoms with Crippen LogP contribution in [0.15, 0.2) is 33.7 Å². The molecule has 1 aliphatic heterocycles. The van der Waals surface area contributed by atoms with E-state index in [1.165, 1.54) is 57.1 Å². The number of halogens is 2. The van der Waals surface area contributed by atoms with Crippen molar-refractivity contribution in [3.8, 4) is 0 Å². The van der Waals surface area contributed by atoms with E-state index in [1.807, 2.05) is 0 Å². The van der Waals surface area contributed by atoms with Crippen molar-refractivity contribution in [1.29, 1.82) is 0 Å². The van der Waals surface area contributed by atoms with Crippen molar-refractivity contribution in [3.63, 3.8) is 0 Å². The van der Waals surface area contributed by atoms with Gasteiger partial charge >= 0.3 is 0 Å². The average Bonchev–Trinajstić information content (AvgIpc) is 3.05. The minimum absolute atomic E-state index is 0.128. The summed E-state index contributed by atoms with van der Waals surface area (Å²) in [5.74, 6) is -1.74. The Bertz CT molecular complexity index is 738. The second-order valence-electron chi connectivity index (χ2n) is 7.61. The number of primary amides is 1. The number of hydrogen-bond acceptors (Lipinski definition) is 4. The largest absolute Gasteiger partial charge is 0.369 e. The number of quaternary nitrogens is 1. The highest BCUT2D eigenvalue weighted by molar-refractivity contribution is 6.04. The van der Waals surface area contributed by atoms with Crippen LogP contribution in [0.3, 0.4) is 0 Å². The summed E-state index contributed by atoms with van der Waals surface area (Å²) in [5.41, 5.74) is 5.45. The van der Waals surface area contributed by atoms with Gasteiger partial charge in [0, 0.05) is 17.4 Å². The van der Waals surface area contributed by atoms with Gasteiger partial charge < -0.3 is 5.73 Å². The van der Waals surface area contributed by atoms with Crippen LogP contribution >= 0.6 is 0 Å². The molecule has 0 radical (unpaired) electrons. The number of rotatable bonds is 14. The Morgan fingerprint density at radius 1 is 1.00 bits per heavy atom. The van der Waals surface area contributed by atoms with E-state index in [1.54, 1.807) is 0 Å². The second kappa shape index (κ2) is 11.7. The lowest BCUT2D eigenvalue weighted by Gasteiger charge is -2.26. The van der Waals surface area contributed by atoms with Crippen LogP contribution in [0, 0.1) is 11.6 Å². The Morgan fingerprint density at radius 2 is 1.62 bits per heavy atom. The molecule has 2 N–H and O–H groups in total. The zero-order valence-corrected chi connectivity index (χ0v) is 17.2. The highest BCUT2D eigenvalue weighted by Gasteiger charge is 2.44. The fraction of sp³-hybridized carbons (Fsp3) is 0.619. The zero-order chi connectivity index (χ0) is 21.1. The number of unbranched alkanes of at least 4 members (excludes halogenated alkanes) is 9. The summed E-state index contributed by atoms with van der Waals surface area (Å²) in [5, 5.41) is 11.7. The van der Waals surface area contributed by atoms with E-state index in [2.05, 4.69) is 22.5 Å². The van der Waals surface area contributed by atoms with Crippen molar-refractivity contribution in [3.05, 3.63) is 29.8 Å². The Morgan fingerprint density at radius 3 is 2.21 bits per heavy atom. The molecule has 0 fully saturated rings. The van der Waals surface area contributed by atoms with Crippen molar-refractivity contribution >= 4 is 17.4 Å². The van der Waals surface area contributed by atoms with E-state index in [0.29, 0.717) is 6.54 Å². The van der Waals surface area contributed by atoms with Crippen LogP contribution in [-0.2, 0) is 4.79 Å². The fourth-order valence-electron chi connectivity index (χ4n) is 3.68. The van der Waals surface area contributed by atoms with E-state index >= 15 is 0 Å². The van der Waals surface area contributed by atoms with Gasteiger partial charge in [-0.15, -0.1) is 0 Å². The molecular weight excluding hydrogens is 376 g/mol. The molecule has 1 aromatic rings. The highest BCUT2D eigenvalue weighted by Crippen LogP contribution is 2.33. The van der Waals surface area contributed by atoms with Crippen molar-refractivity contribution < 1.29 is 13.6 Å². The topological polar surface area (TPSA) is 80.2 Å². The Hall–Kier alpha value is -2.22. The third-order valence-corrected chi connectivity index (χ3v) is 5.26. The van der Waals surface area contributed by atoms with E-state index in [-0.39, 0.29) is 22.5 Å². The molecule has 1 atom stereocenters. The van der Waals surface area contributed by atoms with Gasteiger partial charge in [0.05, 0.1) is 5.22 Å². The van der Waals surface area contributed by atoms with Gasteiger partial charge in [0.2, 0.25) is 11.6 Å². The number of amides is 1. The molecule has 6 nitrogen and oxygen atoms in total. The molecule has 1 aromatic carbocycles. The maximum absolute atomic E-state index is 14.5. The Labute approximate surface area is 171 Å². The second-order valence-corrected chi connectivity index (χ2v) is 7.61. The smallest absolute Gasteiger partial charge is 0.267 e. The van der Waals surface area contributed by atoms with Gasteiger partial charge in [-0.1, -0.05) is 68.0 Å². The van der Waals surface area contributed by atoms with E-state index in [4.69, 9.17) is 5.73 Å².